The van der Waals surface area contributed by atoms with Crippen molar-refractivity contribution in [2.45, 2.75) is 18.6 Å². The third-order valence-corrected chi connectivity index (χ3v) is 4.85. The fraction of sp³-hybridized carbons (Fsp3) is 0.500. The number of hydrogen-bond donors (Lipinski definition) is 1. The maximum atomic E-state index is 12.2. The molecule has 0 aliphatic carbocycles. The first-order valence-electron chi connectivity index (χ1n) is 7.55. The van der Waals surface area contributed by atoms with Gasteiger partial charge in [0.15, 0.2) is 11.5 Å². The molecule has 1 aromatic rings. The Balaban J connectivity index is 2.32. The first kappa shape index (κ1) is 17.6. The van der Waals surface area contributed by atoms with Gasteiger partial charge in [-0.05, 0) is 38.7 Å². The van der Waals surface area contributed by atoms with E-state index in [0.717, 1.165) is 24.2 Å². The SMILES string of the molecule is CCC1SC(=O)N(CCN(C)C)N=C1c1ccc(OC)c(O)c1. The lowest BCUT2D eigenvalue weighted by atomic mass is 10.0. The van der Waals surface area contributed by atoms with Gasteiger partial charge in [0.2, 0.25) is 0 Å². The number of nitrogens with zero attached hydrogens (tertiary/aromatic N) is 3. The Morgan fingerprint density at radius 1 is 1.43 bits per heavy atom. The van der Waals surface area contributed by atoms with Crippen LogP contribution in [-0.4, -0.2) is 65.5 Å². The van der Waals surface area contributed by atoms with Gasteiger partial charge in [-0.2, -0.15) is 5.10 Å². The number of carbonyl (C=O) groups is 1. The van der Waals surface area contributed by atoms with Crippen LogP contribution in [-0.2, 0) is 0 Å². The molecule has 0 aromatic heterocycles. The summed E-state index contributed by atoms with van der Waals surface area (Å²) >= 11 is 1.29. The Labute approximate surface area is 141 Å². The average Bonchev–Trinajstić information content (AvgIpc) is 2.53. The molecule has 1 N–H and O–H groups in total. The molecule has 1 aliphatic heterocycles. The summed E-state index contributed by atoms with van der Waals surface area (Å²) in [4.78, 5) is 14.2. The smallest absolute Gasteiger partial charge is 0.302 e. The standard InChI is InChI=1S/C16H23N3O3S/c1-5-14-15(11-6-7-13(22-4)12(20)10-11)17-19(16(21)23-14)9-8-18(2)3/h6-7,10,14,20H,5,8-9H2,1-4H3. The van der Waals surface area contributed by atoms with Gasteiger partial charge in [0.1, 0.15) is 0 Å². The van der Waals surface area contributed by atoms with Crippen molar-refractivity contribution in [2.24, 2.45) is 5.10 Å². The van der Waals surface area contributed by atoms with Crippen LogP contribution in [0.15, 0.2) is 23.3 Å². The predicted molar refractivity (Wildman–Crippen MR) is 93.5 cm³/mol. The summed E-state index contributed by atoms with van der Waals surface area (Å²) in [6.07, 6.45) is 0.795. The van der Waals surface area contributed by atoms with Crippen molar-refractivity contribution in [1.29, 1.82) is 0 Å². The van der Waals surface area contributed by atoms with Gasteiger partial charge in [-0.25, -0.2) is 5.01 Å². The number of thioether (sulfide) groups is 1. The number of likely N-dealkylation sites (N-methyl/N-ethyl adjacent to an activating group) is 1. The van der Waals surface area contributed by atoms with Gasteiger partial charge in [-0.15, -0.1) is 0 Å². The van der Waals surface area contributed by atoms with Crippen LogP contribution in [0.25, 0.3) is 0 Å². The van der Waals surface area contributed by atoms with Crippen LogP contribution in [0.3, 0.4) is 0 Å². The minimum Gasteiger partial charge on any atom is -0.504 e. The predicted octanol–water partition coefficient (Wildman–Crippen LogP) is 2.61. The van der Waals surface area contributed by atoms with E-state index in [1.54, 1.807) is 12.1 Å². The van der Waals surface area contributed by atoms with E-state index in [2.05, 4.69) is 5.10 Å². The minimum absolute atomic E-state index is 0.00842. The van der Waals surface area contributed by atoms with Gasteiger partial charge in [-0.1, -0.05) is 18.7 Å². The second kappa shape index (κ2) is 7.70. The Bertz CT molecular complexity index is 604. The molecule has 0 fully saturated rings. The number of carbonyl (C=O) groups excluding carboxylic acids is 1. The van der Waals surface area contributed by atoms with Gasteiger partial charge >= 0.3 is 5.24 Å². The van der Waals surface area contributed by atoms with Gasteiger partial charge in [-0.3, -0.25) is 4.79 Å². The molecule has 6 nitrogen and oxygen atoms in total. The number of hydrogen-bond acceptors (Lipinski definition) is 6. The number of hydrazone groups is 1. The number of aromatic hydroxyl groups is 1. The fourth-order valence-corrected chi connectivity index (χ4v) is 3.24. The number of methoxy groups -OCH3 is 1. The highest BCUT2D eigenvalue weighted by Crippen LogP contribution is 2.32. The molecular weight excluding hydrogens is 314 g/mol. The monoisotopic (exact) mass is 337 g/mol. The van der Waals surface area contributed by atoms with Crippen molar-refractivity contribution >= 4 is 22.7 Å². The van der Waals surface area contributed by atoms with Crippen LogP contribution < -0.4 is 4.74 Å². The number of phenolic OH excluding ortho intramolecular Hbond substituents is 1. The quantitative estimate of drug-likeness (QED) is 0.864. The summed E-state index contributed by atoms with van der Waals surface area (Å²) in [6.45, 7) is 3.31. The van der Waals surface area contributed by atoms with Crippen LogP contribution in [0, 0.1) is 0 Å². The largest absolute Gasteiger partial charge is 0.504 e. The molecule has 1 atom stereocenters. The van der Waals surface area contributed by atoms with Gasteiger partial charge < -0.3 is 14.7 Å². The minimum atomic E-state index is -0.0276. The molecule has 0 bridgehead atoms. The summed E-state index contributed by atoms with van der Waals surface area (Å²) in [5.41, 5.74) is 1.62. The third kappa shape index (κ3) is 4.17. The van der Waals surface area contributed by atoms with E-state index in [0.29, 0.717) is 12.3 Å². The fourth-order valence-electron chi connectivity index (χ4n) is 2.28. The van der Waals surface area contributed by atoms with E-state index >= 15 is 0 Å². The molecule has 2 rings (SSSR count). The van der Waals surface area contributed by atoms with Crippen molar-refractivity contribution < 1.29 is 14.6 Å². The maximum Gasteiger partial charge on any atom is 0.302 e. The van der Waals surface area contributed by atoms with E-state index in [1.165, 1.54) is 23.9 Å². The summed E-state index contributed by atoms with van der Waals surface area (Å²) in [5, 5.41) is 16.0. The van der Waals surface area contributed by atoms with Crippen LogP contribution >= 0.6 is 11.8 Å². The van der Waals surface area contributed by atoms with Crippen molar-refractivity contribution in [3.05, 3.63) is 23.8 Å². The normalized spacial score (nSPS) is 18.3. The zero-order chi connectivity index (χ0) is 17.0. The van der Waals surface area contributed by atoms with Gasteiger partial charge in [0.25, 0.3) is 0 Å². The number of rotatable bonds is 6. The molecule has 1 heterocycles. The molecule has 0 saturated carbocycles. The van der Waals surface area contributed by atoms with E-state index < -0.39 is 0 Å². The Morgan fingerprint density at radius 3 is 2.74 bits per heavy atom. The van der Waals surface area contributed by atoms with Gasteiger partial charge in [0.05, 0.1) is 24.6 Å². The first-order chi connectivity index (χ1) is 11.0. The maximum absolute atomic E-state index is 12.2. The molecule has 0 saturated heterocycles. The highest BCUT2D eigenvalue weighted by Gasteiger charge is 2.30. The van der Waals surface area contributed by atoms with E-state index in [4.69, 9.17) is 4.74 Å². The van der Waals surface area contributed by atoms with Crippen molar-refractivity contribution in [1.82, 2.24) is 9.91 Å². The second-order valence-corrected chi connectivity index (χ2v) is 6.73. The van der Waals surface area contributed by atoms with Crippen LogP contribution in [0.1, 0.15) is 18.9 Å². The highest BCUT2D eigenvalue weighted by atomic mass is 32.2. The summed E-state index contributed by atoms with van der Waals surface area (Å²) in [5.74, 6) is 0.496. The third-order valence-electron chi connectivity index (χ3n) is 3.59. The average molecular weight is 337 g/mol. The zero-order valence-corrected chi connectivity index (χ0v) is 14.8. The number of ether oxygens (including phenoxy) is 1. The Morgan fingerprint density at radius 2 is 2.17 bits per heavy atom. The van der Waals surface area contributed by atoms with Crippen molar-refractivity contribution in [2.75, 3.05) is 34.3 Å². The second-order valence-electron chi connectivity index (χ2n) is 5.58. The van der Waals surface area contributed by atoms with E-state index in [9.17, 15) is 9.90 Å². The molecule has 1 aliphatic rings. The number of amides is 1. The molecule has 1 amide bonds. The lowest BCUT2D eigenvalue weighted by Crippen LogP contribution is -2.38. The molecule has 1 unspecified atom stereocenters. The molecule has 126 valence electrons. The van der Waals surface area contributed by atoms with Crippen molar-refractivity contribution in [3.8, 4) is 11.5 Å². The topological polar surface area (TPSA) is 65.4 Å². The number of benzene rings is 1. The molecule has 23 heavy (non-hydrogen) atoms. The number of phenols is 1. The van der Waals surface area contributed by atoms with Crippen LogP contribution in [0.4, 0.5) is 4.79 Å². The zero-order valence-electron chi connectivity index (χ0n) is 13.9. The van der Waals surface area contributed by atoms with Crippen LogP contribution in [0.2, 0.25) is 0 Å². The van der Waals surface area contributed by atoms with E-state index in [-0.39, 0.29) is 16.2 Å². The molecule has 0 radical (unpaired) electrons. The molecular formula is C16H23N3O3S. The molecule has 7 heteroatoms. The summed E-state index contributed by atoms with van der Waals surface area (Å²) in [6, 6.07) is 5.21. The first-order valence-corrected chi connectivity index (χ1v) is 8.43. The van der Waals surface area contributed by atoms with Crippen molar-refractivity contribution in [3.63, 3.8) is 0 Å². The van der Waals surface area contributed by atoms with E-state index in [1.807, 2.05) is 32.0 Å². The lowest BCUT2D eigenvalue weighted by Gasteiger charge is -2.29. The lowest BCUT2D eigenvalue weighted by molar-refractivity contribution is 0.217. The summed E-state index contributed by atoms with van der Waals surface area (Å²) in [7, 11) is 5.43. The Kier molecular flexibility index (Phi) is 5.90. The molecule has 1 aromatic carbocycles. The van der Waals surface area contributed by atoms with Gasteiger partial charge in [0, 0.05) is 12.1 Å². The van der Waals surface area contributed by atoms with Crippen LogP contribution in [0.5, 0.6) is 11.5 Å². The summed E-state index contributed by atoms with van der Waals surface area (Å²) < 4.78 is 5.08. The molecule has 0 spiro atoms. The highest BCUT2D eigenvalue weighted by molar-refractivity contribution is 8.14. The Hall–Kier alpha value is -1.73.